The molecule has 0 amide bonds. The van der Waals surface area contributed by atoms with Gasteiger partial charge in [0.2, 0.25) is 11.7 Å². The van der Waals surface area contributed by atoms with Crippen LogP contribution in [0.2, 0.25) is 0 Å². The van der Waals surface area contributed by atoms with Crippen LogP contribution in [0.5, 0.6) is 0 Å². The second-order valence-electron chi connectivity index (χ2n) is 6.14. The highest BCUT2D eigenvalue weighted by molar-refractivity contribution is 5.59. The maximum absolute atomic E-state index is 5.39. The van der Waals surface area contributed by atoms with E-state index in [4.69, 9.17) is 4.52 Å². The summed E-state index contributed by atoms with van der Waals surface area (Å²) in [5.74, 6) is 2.33. The van der Waals surface area contributed by atoms with Crippen LogP contribution in [-0.2, 0) is 6.42 Å². The summed E-state index contributed by atoms with van der Waals surface area (Å²) in [5.41, 5.74) is 2.18. The molecule has 21 heavy (non-hydrogen) atoms. The largest absolute Gasteiger partial charge is 0.378 e. The van der Waals surface area contributed by atoms with Crippen LogP contribution in [-0.4, -0.2) is 24.2 Å². The van der Waals surface area contributed by atoms with Crippen molar-refractivity contribution < 1.29 is 4.52 Å². The molecule has 4 nitrogen and oxygen atoms in total. The summed E-state index contributed by atoms with van der Waals surface area (Å²) in [6.45, 7) is 0. The van der Waals surface area contributed by atoms with Gasteiger partial charge in [-0.15, -0.1) is 0 Å². The Morgan fingerprint density at radius 3 is 2.52 bits per heavy atom. The van der Waals surface area contributed by atoms with Crippen molar-refractivity contribution in [3.05, 3.63) is 30.2 Å². The predicted molar refractivity (Wildman–Crippen MR) is 84.3 cm³/mol. The monoisotopic (exact) mass is 285 g/mol. The first-order chi connectivity index (χ1) is 10.2. The second-order valence-corrected chi connectivity index (χ2v) is 6.14. The van der Waals surface area contributed by atoms with E-state index < -0.39 is 0 Å². The summed E-state index contributed by atoms with van der Waals surface area (Å²) >= 11 is 0. The normalized spacial score (nSPS) is 15.5. The summed E-state index contributed by atoms with van der Waals surface area (Å²) < 4.78 is 5.39. The third-order valence-electron chi connectivity index (χ3n) is 4.35. The van der Waals surface area contributed by atoms with Crippen LogP contribution in [0.15, 0.2) is 28.8 Å². The van der Waals surface area contributed by atoms with E-state index in [1.807, 2.05) is 26.2 Å². The van der Waals surface area contributed by atoms with Gasteiger partial charge in [-0.25, -0.2) is 0 Å². The van der Waals surface area contributed by atoms with E-state index >= 15 is 0 Å². The molecule has 1 heterocycles. The molecule has 1 aromatic heterocycles. The van der Waals surface area contributed by atoms with Crippen molar-refractivity contribution in [3.63, 3.8) is 0 Å². The average molecular weight is 285 g/mol. The van der Waals surface area contributed by atoms with E-state index in [0.29, 0.717) is 5.82 Å². The quantitative estimate of drug-likeness (QED) is 0.835. The Bertz CT molecular complexity index is 568. The van der Waals surface area contributed by atoms with Gasteiger partial charge in [-0.3, -0.25) is 0 Å². The molecule has 2 aromatic rings. The number of benzene rings is 1. The molecule has 0 unspecified atom stereocenters. The lowest BCUT2D eigenvalue weighted by molar-refractivity contribution is 0.362. The van der Waals surface area contributed by atoms with E-state index in [-0.39, 0.29) is 0 Å². The van der Waals surface area contributed by atoms with Crippen LogP contribution in [0.25, 0.3) is 11.4 Å². The fourth-order valence-corrected chi connectivity index (χ4v) is 3.01. The van der Waals surface area contributed by atoms with Crippen LogP contribution < -0.4 is 4.90 Å². The van der Waals surface area contributed by atoms with E-state index in [1.54, 1.807) is 0 Å². The minimum Gasteiger partial charge on any atom is -0.378 e. The highest BCUT2D eigenvalue weighted by Crippen LogP contribution is 2.28. The number of nitrogens with zero attached hydrogens (tertiary/aromatic N) is 3. The minimum absolute atomic E-state index is 0.696. The first kappa shape index (κ1) is 14.1. The number of aromatic nitrogens is 2. The molecule has 0 bridgehead atoms. The Morgan fingerprint density at radius 1 is 1.14 bits per heavy atom. The van der Waals surface area contributed by atoms with Crippen molar-refractivity contribution in [1.82, 2.24) is 10.1 Å². The molecule has 3 rings (SSSR count). The number of anilines is 1. The molecule has 1 saturated carbocycles. The lowest BCUT2D eigenvalue weighted by Crippen LogP contribution is -2.07. The van der Waals surface area contributed by atoms with Gasteiger partial charge in [-0.1, -0.05) is 30.8 Å². The first-order valence-corrected chi connectivity index (χ1v) is 7.83. The van der Waals surface area contributed by atoms with Crippen molar-refractivity contribution in [2.75, 3.05) is 19.0 Å². The van der Waals surface area contributed by atoms with Gasteiger partial charge >= 0.3 is 0 Å². The maximum atomic E-state index is 5.39. The molecule has 0 aliphatic heterocycles. The molecule has 0 saturated heterocycles. The number of hydrogen-bond donors (Lipinski definition) is 0. The van der Waals surface area contributed by atoms with Crippen LogP contribution in [0.3, 0.4) is 0 Å². The fourth-order valence-electron chi connectivity index (χ4n) is 3.01. The Morgan fingerprint density at radius 2 is 1.86 bits per heavy atom. The molecule has 0 N–H and O–H groups in total. The predicted octanol–water partition coefficient (Wildman–Crippen LogP) is 3.93. The lowest BCUT2D eigenvalue weighted by atomic mass is 10.0. The van der Waals surface area contributed by atoms with E-state index in [9.17, 15) is 0 Å². The third kappa shape index (κ3) is 3.43. The fraction of sp³-hybridized carbons (Fsp3) is 0.529. The Labute approximate surface area is 126 Å². The van der Waals surface area contributed by atoms with E-state index in [0.717, 1.165) is 23.8 Å². The van der Waals surface area contributed by atoms with Crippen molar-refractivity contribution in [2.45, 2.75) is 38.5 Å². The van der Waals surface area contributed by atoms with E-state index in [2.05, 4.69) is 27.2 Å². The smallest absolute Gasteiger partial charge is 0.226 e. The van der Waals surface area contributed by atoms with E-state index in [1.165, 1.54) is 37.8 Å². The number of hydrogen-bond acceptors (Lipinski definition) is 4. The zero-order valence-electron chi connectivity index (χ0n) is 12.9. The summed E-state index contributed by atoms with van der Waals surface area (Å²) in [7, 11) is 4.06. The maximum Gasteiger partial charge on any atom is 0.226 e. The summed E-state index contributed by atoms with van der Waals surface area (Å²) in [6, 6.07) is 8.23. The zero-order valence-corrected chi connectivity index (χ0v) is 12.9. The van der Waals surface area contributed by atoms with Gasteiger partial charge in [0.25, 0.3) is 0 Å². The van der Waals surface area contributed by atoms with Gasteiger partial charge in [-0.05, 0) is 36.6 Å². The van der Waals surface area contributed by atoms with Crippen molar-refractivity contribution in [1.29, 1.82) is 0 Å². The molecule has 1 aromatic carbocycles. The molecule has 4 heteroatoms. The molecule has 0 spiro atoms. The third-order valence-corrected chi connectivity index (χ3v) is 4.35. The van der Waals surface area contributed by atoms with Crippen molar-refractivity contribution in [3.8, 4) is 11.4 Å². The summed E-state index contributed by atoms with van der Waals surface area (Å²) in [5, 5.41) is 4.11. The molecule has 1 aliphatic rings. The lowest BCUT2D eigenvalue weighted by Gasteiger charge is -2.11. The first-order valence-electron chi connectivity index (χ1n) is 7.83. The zero-order chi connectivity index (χ0) is 14.7. The number of rotatable bonds is 5. The van der Waals surface area contributed by atoms with Crippen LogP contribution in [0.1, 0.15) is 38.0 Å². The topological polar surface area (TPSA) is 42.2 Å². The second kappa shape index (κ2) is 6.29. The van der Waals surface area contributed by atoms with Gasteiger partial charge in [0.15, 0.2) is 0 Å². The molecule has 0 atom stereocenters. The van der Waals surface area contributed by atoms with Crippen LogP contribution in [0, 0.1) is 5.92 Å². The van der Waals surface area contributed by atoms with Gasteiger partial charge in [0.1, 0.15) is 0 Å². The van der Waals surface area contributed by atoms with Gasteiger partial charge < -0.3 is 9.42 Å². The molecule has 0 radical (unpaired) electrons. The molecular weight excluding hydrogens is 262 g/mol. The van der Waals surface area contributed by atoms with Gasteiger partial charge in [0.05, 0.1) is 0 Å². The average Bonchev–Trinajstić information content (AvgIpc) is 3.17. The molecule has 1 aliphatic carbocycles. The van der Waals surface area contributed by atoms with Crippen LogP contribution in [0.4, 0.5) is 5.69 Å². The van der Waals surface area contributed by atoms with Gasteiger partial charge in [-0.2, -0.15) is 4.98 Å². The SMILES string of the molecule is CN(C)c1ccc(-c2noc(CCC3CCCC3)n2)cc1. The Hall–Kier alpha value is -1.84. The van der Waals surface area contributed by atoms with Gasteiger partial charge in [0, 0.05) is 31.8 Å². The molecular formula is C17H23N3O. The summed E-state index contributed by atoms with van der Waals surface area (Å²) in [6.07, 6.45) is 7.60. The highest BCUT2D eigenvalue weighted by Gasteiger charge is 2.16. The standard InChI is InChI=1S/C17H23N3O/c1-20(2)15-10-8-14(9-11-15)17-18-16(21-19-17)12-7-13-5-3-4-6-13/h8-11,13H,3-7,12H2,1-2H3. The van der Waals surface area contributed by atoms with Crippen molar-refractivity contribution >= 4 is 5.69 Å². The van der Waals surface area contributed by atoms with Crippen molar-refractivity contribution in [2.24, 2.45) is 5.92 Å². The Balaban J connectivity index is 1.63. The summed E-state index contributed by atoms with van der Waals surface area (Å²) in [4.78, 5) is 6.60. The molecule has 1 fully saturated rings. The number of aryl methyl sites for hydroxylation is 1. The molecule has 112 valence electrons. The van der Waals surface area contributed by atoms with Crippen LogP contribution >= 0.6 is 0 Å². The Kier molecular flexibility index (Phi) is 4.23. The minimum atomic E-state index is 0.696. The highest BCUT2D eigenvalue weighted by atomic mass is 16.5.